The van der Waals surface area contributed by atoms with Crippen LogP contribution in [0.1, 0.15) is 0 Å². The van der Waals surface area contributed by atoms with Gasteiger partial charge in [0.2, 0.25) is 0 Å². The van der Waals surface area contributed by atoms with E-state index in [1.807, 2.05) is 20.2 Å². The normalized spacial score (nSPS) is 11.0. The monoisotopic (exact) mass is 307 g/mol. The Bertz CT molecular complexity index is 686. The van der Waals surface area contributed by atoms with E-state index in [4.69, 9.17) is 4.55 Å². The predicted octanol–water partition coefficient (Wildman–Crippen LogP) is 3.18. The molecule has 7 heteroatoms. The zero-order valence-corrected chi connectivity index (χ0v) is 12.6. The third-order valence-corrected chi connectivity index (χ3v) is 3.07. The van der Waals surface area contributed by atoms with Crippen molar-refractivity contribution in [1.29, 1.82) is 0 Å². The molecule has 6 nitrogen and oxygen atoms in total. The minimum absolute atomic E-state index is 0.101. The smallest absolute Gasteiger partial charge is 0.296 e. The van der Waals surface area contributed by atoms with Crippen molar-refractivity contribution in [3.63, 3.8) is 0 Å². The van der Waals surface area contributed by atoms with Crippen LogP contribution in [0.5, 0.6) is 0 Å². The third-order valence-electron chi connectivity index (χ3n) is 2.17. The fourth-order valence-corrected chi connectivity index (χ4v) is 1.99. The van der Waals surface area contributed by atoms with Crippen LogP contribution in [0.15, 0.2) is 69.7 Å². The Morgan fingerprint density at radius 1 is 0.905 bits per heavy atom. The molecule has 0 spiro atoms. The Balaban J connectivity index is 0.000000677. The first kappa shape index (κ1) is 17.0. The lowest BCUT2D eigenvalue weighted by molar-refractivity contribution is 0.483. The molecule has 2 aromatic rings. The lowest BCUT2D eigenvalue weighted by atomic mass is 10.3. The number of azo groups is 1. The number of benzene rings is 2. The molecule has 0 unspecified atom stereocenters. The van der Waals surface area contributed by atoms with Gasteiger partial charge < -0.3 is 5.32 Å². The molecular weight excluding hydrogens is 290 g/mol. The summed E-state index contributed by atoms with van der Waals surface area (Å²) in [6.07, 6.45) is 0. The Morgan fingerprint density at radius 3 is 2.00 bits per heavy atom. The second kappa shape index (κ2) is 8.25. The van der Waals surface area contributed by atoms with Crippen molar-refractivity contribution in [1.82, 2.24) is 5.32 Å². The van der Waals surface area contributed by atoms with Gasteiger partial charge in [0.05, 0.1) is 5.69 Å². The number of nitrogens with zero attached hydrogens (tertiary/aromatic N) is 2. The average Bonchev–Trinajstić information content (AvgIpc) is 2.46. The molecule has 0 aliphatic rings. The SMILES string of the molecule is CNC.O=S(=O)(O)c1ccccc1N=Nc1ccccc1. The lowest BCUT2D eigenvalue weighted by Crippen LogP contribution is -1.97. The van der Waals surface area contributed by atoms with Crippen LogP contribution in [-0.2, 0) is 10.1 Å². The van der Waals surface area contributed by atoms with Crippen LogP contribution < -0.4 is 5.32 Å². The summed E-state index contributed by atoms with van der Waals surface area (Å²) in [5, 5.41) is 10.5. The first-order valence-electron chi connectivity index (χ1n) is 6.11. The summed E-state index contributed by atoms with van der Waals surface area (Å²) in [5.74, 6) is 0. The van der Waals surface area contributed by atoms with Crippen molar-refractivity contribution < 1.29 is 13.0 Å². The highest BCUT2D eigenvalue weighted by atomic mass is 32.2. The molecule has 0 radical (unpaired) electrons. The largest absolute Gasteiger partial charge is 0.323 e. The van der Waals surface area contributed by atoms with Gasteiger partial charge in [-0.15, -0.1) is 5.11 Å². The molecule has 0 aliphatic carbocycles. The summed E-state index contributed by atoms with van der Waals surface area (Å²) < 4.78 is 31.3. The van der Waals surface area contributed by atoms with Gasteiger partial charge in [0.15, 0.2) is 0 Å². The van der Waals surface area contributed by atoms with Gasteiger partial charge in [-0.1, -0.05) is 30.3 Å². The zero-order valence-electron chi connectivity index (χ0n) is 11.8. The summed E-state index contributed by atoms with van der Waals surface area (Å²) in [7, 11) is -0.542. The molecule has 0 atom stereocenters. The molecule has 0 saturated heterocycles. The first-order valence-corrected chi connectivity index (χ1v) is 7.55. The molecular formula is C14H17N3O3S. The Labute approximate surface area is 124 Å². The van der Waals surface area contributed by atoms with Crippen molar-refractivity contribution >= 4 is 21.5 Å². The fourth-order valence-electron chi connectivity index (χ4n) is 1.36. The molecule has 112 valence electrons. The van der Waals surface area contributed by atoms with Gasteiger partial charge in [-0.2, -0.15) is 13.5 Å². The Morgan fingerprint density at radius 2 is 1.43 bits per heavy atom. The van der Waals surface area contributed by atoms with E-state index in [-0.39, 0.29) is 10.6 Å². The van der Waals surface area contributed by atoms with E-state index < -0.39 is 10.1 Å². The van der Waals surface area contributed by atoms with E-state index in [1.165, 1.54) is 18.2 Å². The molecule has 0 fully saturated rings. The highest BCUT2D eigenvalue weighted by Gasteiger charge is 2.14. The topological polar surface area (TPSA) is 91.1 Å². The van der Waals surface area contributed by atoms with Gasteiger partial charge in [-0.25, -0.2) is 0 Å². The predicted molar refractivity (Wildman–Crippen MR) is 81.9 cm³/mol. The van der Waals surface area contributed by atoms with Gasteiger partial charge >= 0.3 is 0 Å². The molecule has 0 heterocycles. The third kappa shape index (κ3) is 5.82. The molecule has 2 N–H and O–H groups in total. The van der Waals surface area contributed by atoms with E-state index in [1.54, 1.807) is 30.3 Å². The van der Waals surface area contributed by atoms with Crippen molar-refractivity contribution in [2.75, 3.05) is 14.1 Å². The van der Waals surface area contributed by atoms with E-state index in [2.05, 4.69) is 15.5 Å². The zero-order chi connectivity index (χ0) is 15.7. The number of rotatable bonds is 3. The summed E-state index contributed by atoms with van der Waals surface area (Å²) in [5.41, 5.74) is 0.700. The van der Waals surface area contributed by atoms with E-state index >= 15 is 0 Å². The van der Waals surface area contributed by atoms with Gasteiger partial charge in [-0.3, -0.25) is 4.55 Å². The second-order valence-electron chi connectivity index (χ2n) is 3.98. The average molecular weight is 307 g/mol. The maximum Gasteiger partial charge on any atom is 0.296 e. The van der Waals surface area contributed by atoms with Gasteiger partial charge in [0.1, 0.15) is 10.6 Å². The number of nitrogens with one attached hydrogen (secondary N) is 1. The van der Waals surface area contributed by atoms with E-state index in [0.29, 0.717) is 5.69 Å². The van der Waals surface area contributed by atoms with E-state index in [9.17, 15) is 8.42 Å². The summed E-state index contributed by atoms with van der Waals surface area (Å²) in [4.78, 5) is -0.260. The van der Waals surface area contributed by atoms with Crippen molar-refractivity contribution in [2.45, 2.75) is 4.90 Å². The molecule has 21 heavy (non-hydrogen) atoms. The van der Waals surface area contributed by atoms with Gasteiger partial charge in [-0.05, 0) is 38.4 Å². The Kier molecular flexibility index (Phi) is 6.67. The first-order chi connectivity index (χ1) is 9.99. The Hall–Kier alpha value is -2.09. The van der Waals surface area contributed by atoms with Gasteiger partial charge in [0.25, 0.3) is 10.1 Å². The molecule has 0 saturated carbocycles. The van der Waals surface area contributed by atoms with Crippen LogP contribution in [0.25, 0.3) is 0 Å². The van der Waals surface area contributed by atoms with Crippen LogP contribution in [0.2, 0.25) is 0 Å². The maximum absolute atomic E-state index is 11.1. The standard InChI is InChI=1S/C12H10N2O3S.C2H7N/c15-18(16,17)12-9-5-4-8-11(12)14-13-10-6-2-1-3-7-10;1-3-2/h1-9H,(H,15,16,17);3H,1-2H3. The van der Waals surface area contributed by atoms with Gasteiger partial charge in [0, 0.05) is 0 Å². The molecule has 0 amide bonds. The molecule has 0 aromatic heterocycles. The van der Waals surface area contributed by atoms with Crippen LogP contribution in [0.3, 0.4) is 0 Å². The van der Waals surface area contributed by atoms with Crippen LogP contribution in [-0.4, -0.2) is 27.1 Å². The van der Waals surface area contributed by atoms with Crippen molar-refractivity contribution in [3.8, 4) is 0 Å². The molecule has 2 aromatic carbocycles. The maximum atomic E-state index is 11.1. The fraction of sp³-hybridized carbons (Fsp3) is 0.143. The van der Waals surface area contributed by atoms with Crippen LogP contribution >= 0.6 is 0 Å². The highest BCUT2D eigenvalue weighted by molar-refractivity contribution is 7.86. The highest BCUT2D eigenvalue weighted by Crippen LogP contribution is 2.25. The summed E-state index contributed by atoms with van der Waals surface area (Å²) in [6.45, 7) is 0. The quantitative estimate of drug-likeness (QED) is 0.673. The lowest BCUT2D eigenvalue weighted by Gasteiger charge is -2.00. The summed E-state index contributed by atoms with van der Waals surface area (Å²) >= 11 is 0. The number of hydrogen-bond donors (Lipinski definition) is 2. The molecule has 0 bridgehead atoms. The van der Waals surface area contributed by atoms with Crippen LogP contribution in [0, 0.1) is 0 Å². The van der Waals surface area contributed by atoms with Crippen molar-refractivity contribution in [3.05, 3.63) is 54.6 Å². The summed E-state index contributed by atoms with van der Waals surface area (Å²) in [6, 6.07) is 14.8. The second-order valence-corrected chi connectivity index (χ2v) is 5.37. The molecule has 2 rings (SSSR count). The van der Waals surface area contributed by atoms with Crippen molar-refractivity contribution in [2.24, 2.45) is 10.2 Å². The minimum Gasteiger partial charge on any atom is -0.323 e. The minimum atomic E-state index is -4.29. The molecule has 0 aliphatic heterocycles. The van der Waals surface area contributed by atoms with E-state index in [0.717, 1.165) is 0 Å². The van der Waals surface area contributed by atoms with Crippen LogP contribution in [0.4, 0.5) is 11.4 Å². The number of hydrogen-bond acceptors (Lipinski definition) is 5.